The van der Waals surface area contributed by atoms with Crippen LogP contribution in [0.1, 0.15) is 5.56 Å². The highest BCUT2D eigenvalue weighted by Gasteiger charge is 2.10. The lowest BCUT2D eigenvalue weighted by Gasteiger charge is -2.03. The van der Waals surface area contributed by atoms with Gasteiger partial charge in [-0.05, 0) is 19.1 Å². The monoisotopic (exact) mass is 286 g/mol. The van der Waals surface area contributed by atoms with Gasteiger partial charge in [-0.15, -0.1) is 10.2 Å². The Kier molecular flexibility index (Phi) is 2.93. The van der Waals surface area contributed by atoms with Gasteiger partial charge in [0.1, 0.15) is 0 Å². The van der Waals surface area contributed by atoms with Crippen LogP contribution in [0.4, 0.5) is 0 Å². The van der Waals surface area contributed by atoms with Gasteiger partial charge < -0.3 is 0 Å². The topological polar surface area (TPSA) is 43.1 Å². The fourth-order valence-corrected chi connectivity index (χ4v) is 2.43. The summed E-state index contributed by atoms with van der Waals surface area (Å²) in [4.78, 5) is 0. The summed E-state index contributed by atoms with van der Waals surface area (Å²) in [7, 11) is 0. The van der Waals surface area contributed by atoms with Crippen molar-refractivity contribution in [1.29, 1.82) is 0 Å². The Morgan fingerprint density at radius 1 is 0.727 bits per heavy atom. The number of hydrogen-bond acceptors (Lipinski definition) is 3. The Hall–Kier alpha value is -3.01. The highest BCUT2D eigenvalue weighted by Crippen LogP contribution is 2.21. The van der Waals surface area contributed by atoms with Gasteiger partial charge in [0.05, 0.1) is 5.69 Å². The van der Waals surface area contributed by atoms with Crippen molar-refractivity contribution in [2.75, 3.05) is 0 Å². The minimum Gasteiger partial charge on any atom is -0.192 e. The van der Waals surface area contributed by atoms with Gasteiger partial charge in [0.25, 0.3) is 0 Å². The molecule has 4 aromatic rings. The van der Waals surface area contributed by atoms with E-state index in [1.807, 2.05) is 54.6 Å². The molecule has 0 spiro atoms. The van der Waals surface area contributed by atoms with Gasteiger partial charge in [0.2, 0.25) is 0 Å². The summed E-state index contributed by atoms with van der Waals surface area (Å²) in [5.74, 6) is 0.757. The molecule has 0 atom stereocenters. The summed E-state index contributed by atoms with van der Waals surface area (Å²) in [5, 5.41) is 13.2. The Morgan fingerprint density at radius 3 is 2.27 bits per heavy atom. The maximum absolute atomic E-state index is 4.70. The second-order valence-corrected chi connectivity index (χ2v) is 5.24. The molecule has 0 saturated carbocycles. The van der Waals surface area contributed by atoms with E-state index < -0.39 is 0 Å². The SMILES string of the molecule is Cc1ccc(-c2nnc3ccc(-c4ccccc4)nn23)cc1. The minimum atomic E-state index is 0.746. The van der Waals surface area contributed by atoms with Crippen LogP contribution in [0, 0.1) is 6.92 Å². The van der Waals surface area contributed by atoms with Crippen molar-refractivity contribution < 1.29 is 0 Å². The van der Waals surface area contributed by atoms with Crippen LogP contribution in [-0.4, -0.2) is 19.8 Å². The first-order valence-electron chi connectivity index (χ1n) is 7.16. The third kappa shape index (κ3) is 2.15. The molecule has 0 aliphatic carbocycles. The Bertz CT molecular complexity index is 924. The van der Waals surface area contributed by atoms with E-state index in [1.165, 1.54) is 5.56 Å². The molecule has 2 aromatic carbocycles. The zero-order valence-electron chi connectivity index (χ0n) is 12.1. The number of aromatic nitrogens is 4. The fraction of sp³-hybridized carbons (Fsp3) is 0.0556. The number of fused-ring (bicyclic) bond motifs is 1. The molecule has 0 saturated heterocycles. The summed E-state index contributed by atoms with van der Waals surface area (Å²) < 4.78 is 1.80. The van der Waals surface area contributed by atoms with Gasteiger partial charge in [-0.1, -0.05) is 60.2 Å². The lowest BCUT2D eigenvalue weighted by atomic mass is 10.1. The summed E-state index contributed by atoms with van der Waals surface area (Å²) in [6, 6.07) is 22.2. The molecule has 2 aromatic heterocycles. The van der Waals surface area contributed by atoms with Crippen molar-refractivity contribution in [3.8, 4) is 22.6 Å². The number of hydrogen-bond donors (Lipinski definition) is 0. The molecule has 0 aliphatic heterocycles. The van der Waals surface area contributed by atoms with Crippen molar-refractivity contribution >= 4 is 5.65 Å². The summed E-state index contributed by atoms with van der Waals surface area (Å²) >= 11 is 0. The van der Waals surface area contributed by atoms with Gasteiger partial charge in [-0.3, -0.25) is 0 Å². The largest absolute Gasteiger partial charge is 0.192 e. The van der Waals surface area contributed by atoms with Crippen molar-refractivity contribution in [1.82, 2.24) is 19.8 Å². The number of rotatable bonds is 2. The molecular formula is C18H14N4. The first-order valence-corrected chi connectivity index (χ1v) is 7.16. The van der Waals surface area contributed by atoms with E-state index in [0.29, 0.717) is 0 Å². The van der Waals surface area contributed by atoms with E-state index in [1.54, 1.807) is 4.52 Å². The van der Waals surface area contributed by atoms with Crippen molar-refractivity contribution in [2.45, 2.75) is 6.92 Å². The van der Waals surface area contributed by atoms with Gasteiger partial charge in [-0.2, -0.15) is 9.61 Å². The zero-order chi connectivity index (χ0) is 14.9. The average Bonchev–Trinajstić information content (AvgIpc) is 2.99. The molecule has 4 rings (SSSR count). The second kappa shape index (κ2) is 5.07. The van der Waals surface area contributed by atoms with Crippen molar-refractivity contribution in [3.63, 3.8) is 0 Å². The van der Waals surface area contributed by atoms with E-state index in [2.05, 4.69) is 29.3 Å². The molecule has 0 radical (unpaired) electrons. The first-order chi connectivity index (χ1) is 10.8. The zero-order valence-corrected chi connectivity index (χ0v) is 12.1. The smallest absolute Gasteiger partial charge is 0.185 e. The van der Waals surface area contributed by atoms with Gasteiger partial charge in [-0.25, -0.2) is 0 Å². The lowest BCUT2D eigenvalue weighted by molar-refractivity contribution is 0.942. The lowest BCUT2D eigenvalue weighted by Crippen LogP contribution is -1.97. The predicted octanol–water partition coefficient (Wildman–Crippen LogP) is 3.77. The molecule has 0 N–H and O–H groups in total. The second-order valence-electron chi connectivity index (χ2n) is 5.24. The van der Waals surface area contributed by atoms with Crippen LogP contribution in [0.25, 0.3) is 28.3 Å². The Morgan fingerprint density at radius 2 is 1.50 bits per heavy atom. The molecule has 0 aliphatic rings. The maximum Gasteiger partial charge on any atom is 0.185 e. The van der Waals surface area contributed by atoms with Crippen LogP contribution in [-0.2, 0) is 0 Å². The molecule has 106 valence electrons. The quantitative estimate of drug-likeness (QED) is 0.563. The predicted molar refractivity (Wildman–Crippen MR) is 86.4 cm³/mol. The van der Waals surface area contributed by atoms with E-state index in [9.17, 15) is 0 Å². The molecule has 4 nitrogen and oxygen atoms in total. The molecule has 0 amide bonds. The molecule has 0 bridgehead atoms. The average molecular weight is 286 g/mol. The highest BCUT2D eigenvalue weighted by molar-refractivity contribution is 5.63. The molecule has 4 heteroatoms. The van der Waals surface area contributed by atoms with Crippen LogP contribution >= 0.6 is 0 Å². The summed E-state index contributed by atoms with van der Waals surface area (Å²) in [6.45, 7) is 2.07. The fourth-order valence-electron chi connectivity index (χ4n) is 2.43. The van der Waals surface area contributed by atoms with E-state index in [4.69, 9.17) is 5.10 Å². The maximum atomic E-state index is 4.70. The molecule has 0 unspecified atom stereocenters. The standard InChI is InChI=1S/C18H14N4/c1-13-7-9-15(10-8-13)18-20-19-17-12-11-16(21-22(17)18)14-5-3-2-4-6-14/h2-12H,1H3. The minimum absolute atomic E-state index is 0.746. The molecular weight excluding hydrogens is 272 g/mol. The van der Waals surface area contributed by atoms with E-state index >= 15 is 0 Å². The molecule has 22 heavy (non-hydrogen) atoms. The molecule has 0 fully saturated rings. The number of benzene rings is 2. The summed E-state index contributed by atoms with van der Waals surface area (Å²) in [5.41, 5.74) is 4.95. The summed E-state index contributed by atoms with van der Waals surface area (Å²) in [6.07, 6.45) is 0. The Balaban J connectivity index is 1.88. The van der Waals surface area contributed by atoms with Crippen molar-refractivity contribution in [2.24, 2.45) is 0 Å². The van der Waals surface area contributed by atoms with Gasteiger partial charge in [0.15, 0.2) is 11.5 Å². The van der Waals surface area contributed by atoms with Crippen LogP contribution in [0.2, 0.25) is 0 Å². The Labute approximate surface area is 128 Å². The number of nitrogens with zero attached hydrogens (tertiary/aromatic N) is 4. The third-order valence-corrected chi connectivity index (χ3v) is 3.64. The number of aryl methyl sites for hydroxylation is 1. The normalized spacial score (nSPS) is 11.0. The van der Waals surface area contributed by atoms with Crippen LogP contribution in [0.3, 0.4) is 0 Å². The van der Waals surface area contributed by atoms with E-state index in [-0.39, 0.29) is 0 Å². The molecule has 2 heterocycles. The van der Waals surface area contributed by atoms with Crippen LogP contribution in [0.5, 0.6) is 0 Å². The highest BCUT2D eigenvalue weighted by atomic mass is 15.4. The van der Waals surface area contributed by atoms with Gasteiger partial charge in [0, 0.05) is 11.1 Å². The first kappa shape index (κ1) is 12.7. The van der Waals surface area contributed by atoms with Crippen LogP contribution < -0.4 is 0 Å². The van der Waals surface area contributed by atoms with Crippen molar-refractivity contribution in [3.05, 3.63) is 72.3 Å². The van der Waals surface area contributed by atoms with Crippen LogP contribution in [0.15, 0.2) is 66.7 Å². The third-order valence-electron chi connectivity index (χ3n) is 3.64. The van der Waals surface area contributed by atoms with Gasteiger partial charge >= 0.3 is 0 Å². The van der Waals surface area contributed by atoms with E-state index in [0.717, 1.165) is 28.3 Å².